The molecule has 1 N–H and O–H groups in total. The zero-order chi connectivity index (χ0) is 14.1. The highest BCUT2D eigenvalue weighted by Gasteiger charge is 2.34. The zero-order valence-electron chi connectivity index (χ0n) is 11.8. The minimum atomic E-state index is -3.33. The fourth-order valence-electron chi connectivity index (χ4n) is 2.33. The first-order chi connectivity index (χ1) is 8.87. The van der Waals surface area contributed by atoms with Crippen molar-refractivity contribution < 1.29 is 8.42 Å². The molecule has 0 radical (unpaired) electrons. The molecule has 1 fully saturated rings. The molecule has 0 unspecified atom stereocenters. The van der Waals surface area contributed by atoms with E-state index in [4.69, 9.17) is 0 Å². The number of hydrogen-bond donors (Lipinski definition) is 1. The second-order valence-corrected chi connectivity index (χ2v) is 7.47. The summed E-state index contributed by atoms with van der Waals surface area (Å²) < 4.78 is 26.6. The lowest BCUT2D eigenvalue weighted by Gasteiger charge is -2.38. The molecule has 0 aromatic heterocycles. The van der Waals surface area contributed by atoms with E-state index in [0.717, 1.165) is 18.4 Å². The SMILES string of the molecule is CNC1(C)CCN(S(=O)(=O)c2ccc(C)cc2)CC1. The third-order valence-electron chi connectivity index (χ3n) is 4.09. The Morgan fingerprint density at radius 3 is 2.16 bits per heavy atom. The highest BCUT2D eigenvalue weighted by Crippen LogP contribution is 2.26. The number of hydrogen-bond acceptors (Lipinski definition) is 3. The van der Waals surface area contributed by atoms with Gasteiger partial charge in [0.05, 0.1) is 4.90 Å². The topological polar surface area (TPSA) is 49.4 Å². The Bertz CT molecular complexity index is 529. The van der Waals surface area contributed by atoms with Crippen LogP contribution in [0.1, 0.15) is 25.3 Å². The van der Waals surface area contributed by atoms with Gasteiger partial charge in [0.2, 0.25) is 10.0 Å². The predicted octanol–water partition coefficient (Wildman–Crippen LogP) is 1.76. The van der Waals surface area contributed by atoms with Crippen LogP contribution in [0.25, 0.3) is 0 Å². The van der Waals surface area contributed by atoms with Crippen LogP contribution in [0.4, 0.5) is 0 Å². The summed E-state index contributed by atoms with van der Waals surface area (Å²) in [7, 11) is -1.40. The van der Waals surface area contributed by atoms with Crippen molar-refractivity contribution >= 4 is 10.0 Å². The Morgan fingerprint density at radius 1 is 1.16 bits per heavy atom. The predicted molar refractivity (Wildman–Crippen MR) is 76.6 cm³/mol. The van der Waals surface area contributed by atoms with Gasteiger partial charge in [0.15, 0.2) is 0 Å². The van der Waals surface area contributed by atoms with Crippen LogP contribution in [-0.4, -0.2) is 38.4 Å². The Kier molecular flexibility index (Phi) is 3.99. The molecule has 19 heavy (non-hydrogen) atoms. The quantitative estimate of drug-likeness (QED) is 0.919. The number of nitrogens with one attached hydrogen (secondary N) is 1. The molecule has 106 valence electrons. The molecule has 1 aliphatic heterocycles. The van der Waals surface area contributed by atoms with Crippen molar-refractivity contribution in [3.63, 3.8) is 0 Å². The largest absolute Gasteiger partial charge is 0.314 e. The molecule has 1 heterocycles. The molecule has 0 saturated carbocycles. The van der Waals surface area contributed by atoms with E-state index < -0.39 is 10.0 Å². The van der Waals surface area contributed by atoms with E-state index >= 15 is 0 Å². The Morgan fingerprint density at radius 2 is 1.68 bits per heavy atom. The van der Waals surface area contributed by atoms with Gasteiger partial charge in [-0.15, -0.1) is 0 Å². The van der Waals surface area contributed by atoms with Crippen molar-refractivity contribution in [3.05, 3.63) is 29.8 Å². The van der Waals surface area contributed by atoms with E-state index in [-0.39, 0.29) is 5.54 Å². The third kappa shape index (κ3) is 2.99. The molecule has 0 amide bonds. The van der Waals surface area contributed by atoms with E-state index in [1.807, 2.05) is 26.1 Å². The van der Waals surface area contributed by atoms with Crippen LogP contribution in [0.3, 0.4) is 0 Å². The number of nitrogens with zero attached hydrogens (tertiary/aromatic N) is 1. The van der Waals surface area contributed by atoms with Gasteiger partial charge >= 0.3 is 0 Å². The van der Waals surface area contributed by atoms with Gasteiger partial charge in [0, 0.05) is 18.6 Å². The molecule has 0 bridgehead atoms. The minimum absolute atomic E-state index is 0.0549. The van der Waals surface area contributed by atoms with Gasteiger partial charge in [-0.1, -0.05) is 17.7 Å². The highest BCUT2D eigenvalue weighted by molar-refractivity contribution is 7.89. The van der Waals surface area contributed by atoms with Crippen molar-refractivity contribution in [3.8, 4) is 0 Å². The van der Waals surface area contributed by atoms with E-state index in [1.54, 1.807) is 16.4 Å². The fraction of sp³-hybridized carbons (Fsp3) is 0.571. The standard InChI is InChI=1S/C14H22N2O2S/c1-12-4-6-13(7-5-12)19(17,18)16-10-8-14(2,15-3)9-11-16/h4-7,15H,8-11H2,1-3H3. The Balaban J connectivity index is 2.16. The van der Waals surface area contributed by atoms with Gasteiger partial charge in [-0.2, -0.15) is 4.31 Å². The van der Waals surface area contributed by atoms with Crippen LogP contribution in [-0.2, 0) is 10.0 Å². The molecule has 5 heteroatoms. The molecule has 1 aromatic carbocycles. The number of benzene rings is 1. The van der Waals surface area contributed by atoms with Crippen molar-refractivity contribution in [2.75, 3.05) is 20.1 Å². The second kappa shape index (κ2) is 5.23. The highest BCUT2D eigenvalue weighted by atomic mass is 32.2. The summed E-state index contributed by atoms with van der Waals surface area (Å²) in [6.07, 6.45) is 1.68. The fourth-order valence-corrected chi connectivity index (χ4v) is 3.77. The number of sulfonamides is 1. The van der Waals surface area contributed by atoms with Gasteiger partial charge in [0.1, 0.15) is 0 Å². The molecular weight excluding hydrogens is 260 g/mol. The molecule has 1 aromatic rings. The number of piperidine rings is 1. The summed E-state index contributed by atoms with van der Waals surface area (Å²) in [5.41, 5.74) is 1.12. The summed E-state index contributed by atoms with van der Waals surface area (Å²) in [6.45, 7) is 5.25. The Labute approximate surface area is 115 Å². The van der Waals surface area contributed by atoms with Crippen molar-refractivity contribution in [2.45, 2.75) is 37.1 Å². The van der Waals surface area contributed by atoms with Crippen molar-refractivity contribution in [1.82, 2.24) is 9.62 Å². The lowest BCUT2D eigenvalue weighted by atomic mass is 9.91. The van der Waals surface area contributed by atoms with Gasteiger partial charge in [0.25, 0.3) is 0 Å². The van der Waals surface area contributed by atoms with Crippen LogP contribution < -0.4 is 5.32 Å². The van der Waals surface area contributed by atoms with Crippen LogP contribution >= 0.6 is 0 Å². The molecule has 1 saturated heterocycles. The normalized spacial score (nSPS) is 20.4. The van der Waals surface area contributed by atoms with E-state index in [2.05, 4.69) is 12.2 Å². The average Bonchev–Trinajstić information content (AvgIpc) is 2.40. The van der Waals surface area contributed by atoms with E-state index in [0.29, 0.717) is 18.0 Å². The summed E-state index contributed by atoms with van der Waals surface area (Å²) in [6, 6.07) is 7.07. The summed E-state index contributed by atoms with van der Waals surface area (Å²) in [5, 5.41) is 3.28. The van der Waals surface area contributed by atoms with Gasteiger partial charge in [-0.25, -0.2) is 8.42 Å². The lowest BCUT2D eigenvalue weighted by molar-refractivity contribution is 0.219. The maximum atomic E-state index is 12.5. The molecule has 2 rings (SSSR count). The summed E-state index contributed by atoms with van der Waals surface area (Å²) >= 11 is 0. The van der Waals surface area contributed by atoms with Gasteiger partial charge < -0.3 is 5.32 Å². The molecular formula is C14H22N2O2S. The molecule has 1 aliphatic rings. The van der Waals surface area contributed by atoms with Crippen LogP contribution in [0, 0.1) is 6.92 Å². The van der Waals surface area contributed by atoms with Crippen LogP contribution in [0.2, 0.25) is 0 Å². The zero-order valence-corrected chi connectivity index (χ0v) is 12.6. The van der Waals surface area contributed by atoms with Crippen molar-refractivity contribution in [2.24, 2.45) is 0 Å². The first kappa shape index (κ1) is 14.5. The molecule has 4 nitrogen and oxygen atoms in total. The molecule has 0 atom stereocenters. The first-order valence-electron chi connectivity index (χ1n) is 6.63. The van der Waals surface area contributed by atoms with E-state index in [9.17, 15) is 8.42 Å². The maximum absolute atomic E-state index is 12.5. The van der Waals surface area contributed by atoms with E-state index in [1.165, 1.54) is 0 Å². The smallest absolute Gasteiger partial charge is 0.243 e. The average molecular weight is 282 g/mol. The summed E-state index contributed by atoms with van der Waals surface area (Å²) in [5.74, 6) is 0. The van der Waals surface area contributed by atoms with Crippen LogP contribution in [0.5, 0.6) is 0 Å². The molecule has 0 aliphatic carbocycles. The summed E-state index contributed by atoms with van der Waals surface area (Å²) in [4.78, 5) is 0.395. The minimum Gasteiger partial charge on any atom is -0.314 e. The van der Waals surface area contributed by atoms with Crippen molar-refractivity contribution in [1.29, 1.82) is 0 Å². The monoisotopic (exact) mass is 282 g/mol. The third-order valence-corrected chi connectivity index (χ3v) is 6.00. The number of rotatable bonds is 3. The second-order valence-electron chi connectivity index (χ2n) is 5.53. The van der Waals surface area contributed by atoms with Gasteiger partial charge in [-0.3, -0.25) is 0 Å². The lowest BCUT2D eigenvalue weighted by Crippen LogP contribution is -2.51. The Hall–Kier alpha value is -0.910. The van der Waals surface area contributed by atoms with Crippen LogP contribution in [0.15, 0.2) is 29.2 Å². The molecule has 0 spiro atoms. The first-order valence-corrected chi connectivity index (χ1v) is 8.07. The van der Waals surface area contributed by atoms with Gasteiger partial charge in [-0.05, 0) is 45.9 Å². The maximum Gasteiger partial charge on any atom is 0.243 e. The number of aryl methyl sites for hydroxylation is 1.